The predicted molar refractivity (Wildman–Crippen MR) is 56.8 cm³/mol. The van der Waals surface area contributed by atoms with Crippen LogP contribution in [0.4, 0.5) is 5.82 Å². The van der Waals surface area contributed by atoms with Crippen LogP contribution in [-0.2, 0) is 0 Å². The van der Waals surface area contributed by atoms with Gasteiger partial charge in [-0.1, -0.05) is 33.8 Å². The molecular formula is C11H18N2. The van der Waals surface area contributed by atoms with Crippen molar-refractivity contribution >= 4 is 5.82 Å². The molecule has 2 heteroatoms. The first-order valence-electron chi connectivity index (χ1n) is 4.77. The van der Waals surface area contributed by atoms with Gasteiger partial charge in [-0.15, -0.1) is 0 Å². The van der Waals surface area contributed by atoms with Gasteiger partial charge in [0, 0.05) is 6.20 Å². The van der Waals surface area contributed by atoms with E-state index in [0.717, 1.165) is 5.56 Å². The number of nitrogens with zero attached hydrogens (tertiary/aromatic N) is 1. The normalized spacial score (nSPS) is 11.2. The number of aromatic nitrogens is 1. The second-order valence-electron chi connectivity index (χ2n) is 4.05. The lowest BCUT2D eigenvalue weighted by Gasteiger charge is -2.12. The van der Waals surface area contributed by atoms with E-state index in [1.807, 2.05) is 6.20 Å². The molecule has 0 aliphatic heterocycles. The molecule has 1 rings (SSSR count). The Morgan fingerprint density at radius 1 is 1.15 bits per heavy atom. The van der Waals surface area contributed by atoms with Crippen molar-refractivity contribution in [3.8, 4) is 0 Å². The van der Waals surface area contributed by atoms with Crippen LogP contribution in [0.2, 0.25) is 0 Å². The molecule has 2 N–H and O–H groups in total. The van der Waals surface area contributed by atoms with Crippen molar-refractivity contribution in [2.45, 2.75) is 39.5 Å². The zero-order valence-electron chi connectivity index (χ0n) is 8.83. The lowest BCUT2D eigenvalue weighted by atomic mass is 9.98. The SMILES string of the molecule is CC(C)c1cnc(N)c(C(C)C)c1. The maximum atomic E-state index is 5.78. The van der Waals surface area contributed by atoms with Crippen molar-refractivity contribution in [1.29, 1.82) is 0 Å². The van der Waals surface area contributed by atoms with Gasteiger partial charge in [0.1, 0.15) is 5.82 Å². The summed E-state index contributed by atoms with van der Waals surface area (Å²) in [6.45, 7) is 8.60. The maximum Gasteiger partial charge on any atom is 0.126 e. The molecule has 0 fully saturated rings. The molecule has 0 atom stereocenters. The molecule has 0 amide bonds. The average molecular weight is 178 g/mol. The molecule has 1 heterocycles. The molecule has 0 unspecified atom stereocenters. The van der Waals surface area contributed by atoms with E-state index in [2.05, 4.69) is 38.7 Å². The summed E-state index contributed by atoms with van der Waals surface area (Å²) in [4.78, 5) is 4.20. The zero-order valence-corrected chi connectivity index (χ0v) is 8.83. The Labute approximate surface area is 80.2 Å². The van der Waals surface area contributed by atoms with Gasteiger partial charge in [-0.25, -0.2) is 4.98 Å². The molecule has 0 saturated carbocycles. The fourth-order valence-electron chi connectivity index (χ4n) is 1.29. The minimum atomic E-state index is 0.450. The summed E-state index contributed by atoms with van der Waals surface area (Å²) in [5.41, 5.74) is 8.20. The van der Waals surface area contributed by atoms with Crippen molar-refractivity contribution in [2.24, 2.45) is 0 Å². The van der Waals surface area contributed by atoms with Crippen molar-refractivity contribution < 1.29 is 0 Å². The van der Waals surface area contributed by atoms with E-state index in [1.165, 1.54) is 5.56 Å². The van der Waals surface area contributed by atoms with Crippen LogP contribution in [0.15, 0.2) is 12.3 Å². The molecule has 0 aromatic carbocycles. The van der Waals surface area contributed by atoms with Gasteiger partial charge in [0.25, 0.3) is 0 Å². The van der Waals surface area contributed by atoms with Gasteiger partial charge in [0.15, 0.2) is 0 Å². The highest BCUT2D eigenvalue weighted by Crippen LogP contribution is 2.23. The Balaban J connectivity index is 3.11. The van der Waals surface area contributed by atoms with Gasteiger partial charge < -0.3 is 5.73 Å². The second kappa shape index (κ2) is 3.77. The van der Waals surface area contributed by atoms with E-state index in [9.17, 15) is 0 Å². The molecule has 0 bridgehead atoms. The number of hydrogen-bond donors (Lipinski definition) is 1. The summed E-state index contributed by atoms with van der Waals surface area (Å²) >= 11 is 0. The monoisotopic (exact) mass is 178 g/mol. The van der Waals surface area contributed by atoms with E-state index in [1.54, 1.807) is 0 Å². The topological polar surface area (TPSA) is 38.9 Å². The fraction of sp³-hybridized carbons (Fsp3) is 0.545. The van der Waals surface area contributed by atoms with Gasteiger partial charge in [-0.2, -0.15) is 0 Å². The minimum absolute atomic E-state index is 0.450. The third-order valence-electron chi connectivity index (χ3n) is 2.26. The molecule has 0 radical (unpaired) electrons. The van der Waals surface area contributed by atoms with Crippen LogP contribution < -0.4 is 5.73 Å². The summed E-state index contributed by atoms with van der Waals surface area (Å²) < 4.78 is 0. The first kappa shape index (κ1) is 10.0. The van der Waals surface area contributed by atoms with Crippen molar-refractivity contribution in [3.63, 3.8) is 0 Å². The average Bonchev–Trinajstić information content (AvgIpc) is 2.04. The third-order valence-corrected chi connectivity index (χ3v) is 2.26. The number of hydrogen-bond acceptors (Lipinski definition) is 2. The molecule has 1 aromatic heterocycles. The van der Waals surface area contributed by atoms with Crippen LogP contribution in [0.1, 0.15) is 50.7 Å². The highest BCUT2D eigenvalue weighted by Gasteiger charge is 2.08. The zero-order chi connectivity index (χ0) is 10.0. The number of nitrogen functional groups attached to an aromatic ring is 1. The Kier molecular flexibility index (Phi) is 2.91. The van der Waals surface area contributed by atoms with E-state index in [0.29, 0.717) is 17.7 Å². The largest absolute Gasteiger partial charge is 0.383 e. The van der Waals surface area contributed by atoms with Gasteiger partial charge in [-0.3, -0.25) is 0 Å². The van der Waals surface area contributed by atoms with Crippen LogP contribution in [0.5, 0.6) is 0 Å². The minimum Gasteiger partial charge on any atom is -0.383 e. The lowest BCUT2D eigenvalue weighted by molar-refractivity contribution is 0.824. The van der Waals surface area contributed by atoms with Crippen LogP contribution in [0, 0.1) is 0 Å². The molecule has 13 heavy (non-hydrogen) atoms. The number of nitrogens with two attached hydrogens (primary N) is 1. The summed E-state index contributed by atoms with van der Waals surface area (Å²) in [6.07, 6.45) is 1.87. The van der Waals surface area contributed by atoms with Crippen molar-refractivity contribution in [1.82, 2.24) is 4.98 Å². The van der Waals surface area contributed by atoms with Gasteiger partial charge in [0.2, 0.25) is 0 Å². The number of pyridine rings is 1. The van der Waals surface area contributed by atoms with Crippen LogP contribution in [0.25, 0.3) is 0 Å². The highest BCUT2D eigenvalue weighted by atomic mass is 14.8. The van der Waals surface area contributed by atoms with Gasteiger partial charge in [0.05, 0.1) is 0 Å². The van der Waals surface area contributed by atoms with Crippen molar-refractivity contribution in [2.75, 3.05) is 5.73 Å². The lowest BCUT2D eigenvalue weighted by Crippen LogP contribution is -2.01. The van der Waals surface area contributed by atoms with Crippen LogP contribution >= 0.6 is 0 Å². The molecular weight excluding hydrogens is 160 g/mol. The fourth-order valence-corrected chi connectivity index (χ4v) is 1.29. The summed E-state index contributed by atoms with van der Waals surface area (Å²) in [5, 5.41) is 0. The predicted octanol–water partition coefficient (Wildman–Crippen LogP) is 2.91. The van der Waals surface area contributed by atoms with E-state index in [4.69, 9.17) is 5.73 Å². The quantitative estimate of drug-likeness (QED) is 0.756. The molecule has 72 valence electrons. The Morgan fingerprint density at radius 3 is 2.23 bits per heavy atom. The molecule has 2 nitrogen and oxygen atoms in total. The first-order valence-corrected chi connectivity index (χ1v) is 4.77. The summed E-state index contributed by atoms with van der Waals surface area (Å²) in [6, 6.07) is 2.16. The Morgan fingerprint density at radius 2 is 1.77 bits per heavy atom. The molecule has 0 aliphatic carbocycles. The highest BCUT2D eigenvalue weighted by molar-refractivity contribution is 5.43. The summed E-state index contributed by atoms with van der Waals surface area (Å²) in [5.74, 6) is 1.64. The maximum absolute atomic E-state index is 5.78. The molecule has 0 saturated heterocycles. The molecule has 1 aromatic rings. The van der Waals surface area contributed by atoms with Gasteiger partial charge in [-0.05, 0) is 23.0 Å². The van der Waals surface area contributed by atoms with Crippen molar-refractivity contribution in [3.05, 3.63) is 23.4 Å². The second-order valence-corrected chi connectivity index (χ2v) is 4.05. The smallest absolute Gasteiger partial charge is 0.126 e. The number of anilines is 1. The van der Waals surface area contributed by atoms with Crippen LogP contribution in [0.3, 0.4) is 0 Å². The standard InChI is InChI=1S/C11H18N2/c1-7(2)9-5-10(8(3)4)11(12)13-6-9/h5-8H,1-4H3,(H2,12,13). The van der Waals surface area contributed by atoms with E-state index < -0.39 is 0 Å². The Hall–Kier alpha value is -1.05. The first-order chi connectivity index (χ1) is 6.02. The summed E-state index contributed by atoms with van der Waals surface area (Å²) in [7, 11) is 0. The van der Waals surface area contributed by atoms with E-state index in [-0.39, 0.29) is 0 Å². The molecule has 0 spiro atoms. The third kappa shape index (κ3) is 2.20. The number of rotatable bonds is 2. The van der Waals surface area contributed by atoms with Gasteiger partial charge >= 0.3 is 0 Å². The Bertz CT molecular complexity index is 290. The molecule has 0 aliphatic rings. The van der Waals surface area contributed by atoms with E-state index >= 15 is 0 Å². The van der Waals surface area contributed by atoms with Crippen LogP contribution in [-0.4, -0.2) is 4.98 Å².